The van der Waals surface area contributed by atoms with E-state index in [-0.39, 0.29) is 5.54 Å². The zero-order valence-corrected chi connectivity index (χ0v) is 13.1. The summed E-state index contributed by atoms with van der Waals surface area (Å²) >= 11 is 0. The molecule has 0 saturated carbocycles. The van der Waals surface area contributed by atoms with Gasteiger partial charge in [0.25, 0.3) is 0 Å². The van der Waals surface area contributed by atoms with Crippen molar-refractivity contribution in [3.8, 4) is 5.75 Å². The van der Waals surface area contributed by atoms with Crippen LogP contribution in [0.2, 0.25) is 0 Å². The van der Waals surface area contributed by atoms with Crippen molar-refractivity contribution in [1.82, 2.24) is 0 Å². The van der Waals surface area contributed by atoms with Crippen molar-refractivity contribution >= 4 is 11.6 Å². The molecule has 0 N–H and O–H groups in total. The van der Waals surface area contributed by atoms with Crippen molar-refractivity contribution in [2.24, 2.45) is 4.99 Å². The molecular formula is C16H24N2O2. The van der Waals surface area contributed by atoms with Gasteiger partial charge in [0.05, 0.1) is 23.9 Å². The molecule has 2 rings (SSSR count). The van der Waals surface area contributed by atoms with Crippen molar-refractivity contribution in [3.63, 3.8) is 0 Å². The van der Waals surface area contributed by atoms with E-state index < -0.39 is 0 Å². The van der Waals surface area contributed by atoms with Crippen LogP contribution in [-0.2, 0) is 4.74 Å². The maximum atomic E-state index is 5.80. The molecular weight excluding hydrogens is 252 g/mol. The molecule has 0 unspecified atom stereocenters. The summed E-state index contributed by atoms with van der Waals surface area (Å²) in [5, 5.41) is 0. The summed E-state index contributed by atoms with van der Waals surface area (Å²) in [6.45, 7) is 10.9. The summed E-state index contributed by atoms with van der Waals surface area (Å²) in [6.07, 6.45) is 0. The van der Waals surface area contributed by atoms with E-state index in [0.717, 1.165) is 36.0 Å². The third-order valence-electron chi connectivity index (χ3n) is 3.50. The molecule has 1 heterocycles. The van der Waals surface area contributed by atoms with E-state index >= 15 is 0 Å². The number of rotatable bonds is 5. The molecule has 0 fully saturated rings. The van der Waals surface area contributed by atoms with Crippen LogP contribution in [0.1, 0.15) is 33.3 Å². The van der Waals surface area contributed by atoms with Gasteiger partial charge in [-0.05, 0) is 39.8 Å². The molecule has 0 bridgehead atoms. The fourth-order valence-corrected chi connectivity index (χ4v) is 2.45. The lowest BCUT2D eigenvalue weighted by Crippen LogP contribution is -2.25. The van der Waals surface area contributed by atoms with E-state index in [1.54, 1.807) is 7.11 Å². The first-order valence-corrected chi connectivity index (χ1v) is 7.17. The third kappa shape index (κ3) is 2.74. The Kier molecular flexibility index (Phi) is 4.21. The molecule has 1 aliphatic rings. The van der Waals surface area contributed by atoms with Crippen molar-refractivity contribution in [3.05, 3.63) is 23.8 Å². The molecule has 0 saturated heterocycles. The third-order valence-corrected chi connectivity index (χ3v) is 3.50. The SMILES string of the molecule is CCN(CC)c1c(OC)cccc1C1=NC(C)(C)CO1. The molecule has 0 aromatic heterocycles. The summed E-state index contributed by atoms with van der Waals surface area (Å²) < 4.78 is 11.3. The van der Waals surface area contributed by atoms with Crippen LogP contribution in [0.15, 0.2) is 23.2 Å². The van der Waals surface area contributed by atoms with Crippen LogP contribution in [0, 0.1) is 0 Å². The summed E-state index contributed by atoms with van der Waals surface area (Å²) in [6, 6.07) is 6.02. The second-order valence-electron chi connectivity index (χ2n) is 5.55. The minimum Gasteiger partial charge on any atom is -0.495 e. The van der Waals surface area contributed by atoms with E-state index in [9.17, 15) is 0 Å². The van der Waals surface area contributed by atoms with Gasteiger partial charge in [-0.25, -0.2) is 4.99 Å². The first kappa shape index (κ1) is 14.7. The quantitative estimate of drug-likeness (QED) is 0.828. The minimum absolute atomic E-state index is 0.154. The second kappa shape index (κ2) is 5.73. The van der Waals surface area contributed by atoms with Gasteiger partial charge in [0.15, 0.2) is 0 Å². The predicted octanol–water partition coefficient (Wildman–Crippen LogP) is 3.10. The van der Waals surface area contributed by atoms with Gasteiger partial charge in [-0.1, -0.05) is 6.07 Å². The van der Waals surface area contributed by atoms with Crippen molar-refractivity contribution in [2.75, 3.05) is 31.7 Å². The molecule has 4 heteroatoms. The summed E-state index contributed by atoms with van der Waals surface area (Å²) in [7, 11) is 1.70. The monoisotopic (exact) mass is 276 g/mol. The Morgan fingerprint density at radius 1 is 1.30 bits per heavy atom. The molecule has 1 aliphatic heterocycles. The minimum atomic E-state index is -0.154. The highest BCUT2D eigenvalue weighted by molar-refractivity contribution is 6.02. The van der Waals surface area contributed by atoms with Gasteiger partial charge in [-0.15, -0.1) is 0 Å². The maximum Gasteiger partial charge on any atom is 0.219 e. The van der Waals surface area contributed by atoms with Crippen LogP contribution >= 0.6 is 0 Å². The highest BCUT2D eigenvalue weighted by atomic mass is 16.5. The molecule has 0 atom stereocenters. The zero-order chi connectivity index (χ0) is 14.8. The Morgan fingerprint density at radius 2 is 2.00 bits per heavy atom. The Bertz CT molecular complexity index is 505. The normalized spacial score (nSPS) is 16.6. The number of aliphatic imine (C=N–C) groups is 1. The first-order valence-electron chi connectivity index (χ1n) is 7.17. The van der Waals surface area contributed by atoms with Crippen LogP contribution in [0.4, 0.5) is 5.69 Å². The number of methoxy groups -OCH3 is 1. The topological polar surface area (TPSA) is 34.1 Å². The van der Waals surface area contributed by atoms with E-state index in [0.29, 0.717) is 6.61 Å². The molecule has 0 aliphatic carbocycles. The highest BCUT2D eigenvalue weighted by Crippen LogP contribution is 2.34. The highest BCUT2D eigenvalue weighted by Gasteiger charge is 2.29. The van der Waals surface area contributed by atoms with E-state index in [1.165, 1.54) is 0 Å². The van der Waals surface area contributed by atoms with Crippen LogP contribution in [0.5, 0.6) is 5.75 Å². The zero-order valence-electron chi connectivity index (χ0n) is 13.1. The van der Waals surface area contributed by atoms with Gasteiger partial charge in [-0.3, -0.25) is 0 Å². The molecule has 1 aromatic carbocycles. The van der Waals surface area contributed by atoms with Gasteiger partial charge in [0, 0.05) is 13.1 Å². The Labute approximate surface area is 121 Å². The Hall–Kier alpha value is -1.71. The van der Waals surface area contributed by atoms with Gasteiger partial charge in [0.1, 0.15) is 12.4 Å². The summed E-state index contributed by atoms with van der Waals surface area (Å²) in [5.41, 5.74) is 1.92. The second-order valence-corrected chi connectivity index (χ2v) is 5.55. The van der Waals surface area contributed by atoms with Crippen LogP contribution < -0.4 is 9.64 Å². The summed E-state index contributed by atoms with van der Waals surface area (Å²) in [5.74, 6) is 1.58. The molecule has 0 amide bonds. The van der Waals surface area contributed by atoms with Crippen LogP contribution in [-0.4, -0.2) is 38.2 Å². The largest absolute Gasteiger partial charge is 0.495 e. The van der Waals surface area contributed by atoms with Crippen molar-refractivity contribution < 1.29 is 9.47 Å². The first-order chi connectivity index (χ1) is 9.52. The average molecular weight is 276 g/mol. The average Bonchev–Trinajstić information content (AvgIpc) is 2.80. The molecule has 20 heavy (non-hydrogen) atoms. The number of nitrogens with zero attached hydrogens (tertiary/aromatic N) is 2. The van der Waals surface area contributed by atoms with E-state index in [1.807, 2.05) is 12.1 Å². The molecule has 110 valence electrons. The fourth-order valence-electron chi connectivity index (χ4n) is 2.45. The molecule has 1 aromatic rings. The number of para-hydroxylation sites is 1. The number of anilines is 1. The molecule has 0 radical (unpaired) electrons. The predicted molar refractivity (Wildman–Crippen MR) is 83.1 cm³/mol. The smallest absolute Gasteiger partial charge is 0.219 e. The summed E-state index contributed by atoms with van der Waals surface area (Å²) in [4.78, 5) is 6.96. The number of hydrogen-bond acceptors (Lipinski definition) is 4. The maximum absolute atomic E-state index is 5.80. The lowest BCUT2D eigenvalue weighted by molar-refractivity contribution is 0.279. The molecule has 0 spiro atoms. The van der Waals surface area contributed by atoms with Gasteiger partial charge < -0.3 is 14.4 Å². The number of hydrogen-bond donors (Lipinski definition) is 0. The van der Waals surface area contributed by atoms with Gasteiger partial charge in [-0.2, -0.15) is 0 Å². The van der Waals surface area contributed by atoms with Crippen LogP contribution in [0.3, 0.4) is 0 Å². The van der Waals surface area contributed by atoms with E-state index in [4.69, 9.17) is 9.47 Å². The molecule has 4 nitrogen and oxygen atoms in total. The fraction of sp³-hybridized carbons (Fsp3) is 0.562. The lowest BCUT2D eigenvalue weighted by atomic mass is 10.1. The van der Waals surface area contributed by atoms with Gasteiger partial charge in [0.2, 0.25) is 5.90 Å². The van der Waals surface area contributed by atoms with Crippen LogP contribution in [0.25, 0.3) is 0 Å². The van der Waals surface area contributed by atoms with Crippen molar-refractivity contribution in [2.45, 2.75) is 33.2 Å². The van der Waals surface area contributed by atoms with E-state index in [2.05, 4.69) is 43.7 Å². The van der Waals surface area contributed by atoms with Gasteiger partial charge >= 0.3 is 0 Å². The Morgan fingerprint density at radius 3 is 2.50 bits per heavy atom. The number of ether oxygens (including phenoxy) is 2. The van der Waals surface area contributed by atoms with Crippen molar-refractivity contribution in [1.29, 1.82) is 0 Å². The lowest BCUT2D eigenvalue weighted by Gasteiger charge is -2.25. The number of benzene rings is 1. The Balaban J connectivity index is 2.53. The standard InChI is InChI=1S/C16H24N2O2/c1-6-18(7-2)14-12(9-8-10-13(14)19-5)15-17-16(3,4)11-20-15/h8-10H,6-7,11H2,1-5H3.